The van der Waals surface area contributed by atoms with Gasteiger partial charge in [0.15, 0.2) is 0 Å². The van der Waals surface area contributed by atoms with Gasteiger partial charge in [-0.3, -0.25) is 9.79 Å². The number of nitriles is 1. The third-order valence-corrected chi connectivity index (χ3v) is 6.37. The number of allylic oxidation sites excluding steroid dienone is 2. The van der Waals surface area contributed by atoms with Crippen LogP contribution in [0.15, 0.2) is 47.6 Å². The van der Waals surface area contributed by atoms with Gasteiger partial charge in [-0.15, -0.1) is 0 Å². The third-order valence-electron chi connectivity index (χ3n) is 6.37. The van der Waals surface area contributed by atoms with Crippen LogP contribution in [-0.2, 0) is 0 Å². The molecule has 172 valence electrons. The van der Waals surface area contributed by atoms with Crippen molar-refractivity contribution >= 4 is 23.9 Å². The van der Waals surface area contributed by atoms with Crippen LogP contribution in [0, 0.1) is 29.0 Å². The first-order valence-corrected chi connectivity index (χ1v) is 11.1. The summed E-state index contributed by atoms with van der Waals surface area (Å²) in [5, 5.41) is 12.4. The Kier molecular flexibility index (Phi) is 8.31. The molecule has 1 aromatic carbocycles. The van der Waals surface area contributed by atoms with E-state index in [0.29, 0.717) is 17.1 Å². The van der Waals surface area contributed by atoms with Crippen LogP contribution in [0.5, 0.6) is 5.88 Å². The van der Waals surface area contributed by atoms with E-state index in [1.807, 2.05) is 13.0 Å². The number of hydrogen-bond donors (Lipinski definition) is 1. The number of ether oxygens (including phenoxy) is 1. The van der Waals surface area contributed by atoms with Crippen molar-refractivity contribution in [3.8, 4) is 11.9 Å². The molecule has 1 amide bonds. The van der Waals surface area contributed by atoms with Gasteiger partial charge < -0.3 is 10.1 Å². The van der Waals surface area contributed by atoms with Crippen LogP contribution in [0.4, 0.5) is 10.1 Å². The Morgan fingerprint density at radius 1 is 1.36 bits per heavy atom. The number of methoxy groups -OCH3 is 1. The summed E-state index contributed by atoms with van der Waals surface area (Å²) in [5.41, 5.74) is 2.96. The molecule has 3 rings (SSSR count). The second-order valence-electron chi connectivity index (χ2n) is 8.21. The number of hydrogen-bond acceptors (Lipinski definition) is 5. The van der Waals surface area contributed by atoms with E-state index in [2.05, 4.69) is 28.1 Å². The summed E-state index contributed by atoms with van der Waals surface area (Å²) in [6, 6.07) is 9.83. The third kappa shape index (κ3) is 5.83. The molecule has 1 atom stereocenters. The average Bonchev–Trinajstić information content (AvgIpc) is 2.85. The maximum atomic E-state index is 13.9. The molecule has 1 saturated carbocycles. The van der Waals surface area contributed by atoms with Crippen molar-refractivity contribution in [3.63, 3.8) is 0 Å². The summed E-state index contributed by atoms with van der Waals surface area (Å²) in [5.74, 6) is 0.348. The van der Waals surface area contributed by atoms with Gasteiger partial charge in [-0.2, -0.15) is 5.26 Å². The normalized spacial score (nSPS) is 19.3. The molecule has 1 aliphatic carbocycles. The molecule has 0 aliphatic heterocycles. The summed E-state index contributed by atoms with van der Waals surface area (Å²) < 4.78 is 19.0. The number of rotatable bonds is 8. The number of halogens is 1. The zero-order valence-corrected chi connectivity index (χ0v) is 19.1. The van der Waals surface area contributed by atoms with Gasteiger partial charge in [-0.1, -0.05) is 6.08 Å². The molecule has 1 fully saturated rings. The minimum atomic E-state index is -0.296. The van der Waals surface area contributed by atoms with E-state index in [4.69, 9.17) is 4.74 Å². The number of nitrogens with one attached hydrogen (secondary N) is 1. The zero-order valence-electron chi connectivity index (χ0n) is 19.1. The minimum absolute atomic E-state index is 0.193. The molecular formula is C26H29FN4O2. The Labute approximate surface area is 194 Å². The van der Waals surface area contributed by atoms with E-state index >= 15 is 0 Å². The number of aliphatic imine (C=N–C) groups is 1. The fraction of sp³-hybridized carbons (Fsp3) is 0.385. The maximum absolute atomic E-state index is 13.9. The molecule has 2 aromatic rings. The lowest BCUT2D eigenvalue weighted by molar-refractivity contribution is 0.0911. The van der Waals surface area contributed by atoms with Gasteiger partial charge in [0.05, 0.1) is 30.9 Å². The number of nitrogens with zero attached hydrogens (tertiary/aromatic N) is 3. The van der Waals surface area contributed by atoms with Crippen LogP contribution in [-0.4, -0.2) is 30.8 Å². The lowest BCUT2D eigenvalue weighted by Gasteiger charge is -2.34. The van der Waals surface area contributed by atoms with E-state index in [-0.39, 0.29) is 36.0 Å². The average molecular weight is 449 g/mol. The second-order valence-corrected chi connectivity index (χ2v) is 8.21. The van der Waals surface area contributed by atoms with Crippen LogP contribution in [0.1, 0.15) is 54.9 Å². The molecule has 6 nitrogen and oxygen atoms in total. The van der Waals surface area contributed by atoms with Crippen LogP contribution >= 0.6 is 0 Å². The van der Waals surface area contributed by atoms with Crippen LogP contribution in [0.2, 0.25) is 0 Å². The van der Waals surface area contributed by atoms with Crippen LogP contribution < -0.4 is 10.1 Å². The predicted molar refractivity (Wildman–Crippen MR) is 127 cm³/mol. The van der Waals surface area contributed by atoms with Gasteiger partial charge in [-0.05, 0) is 81.0 Å². The van der Waals surface area contributed by atoms with Crippen molar-refractivity contribution in [2.45, 2.75) is 45.1 Å². The lowest BCUT2D eigenvalue weighted by atomic mass is 9.73. The molecule has 1 aliphatic rings. The number of pyridine rings is 1. The van der Waals surface area contributed by atoms with Crippen molar-refractivity contribution in [1.29, 1.82) is 5.26 Å². The first-order chi connectivity index (χ1) is 16.0. The van der Waals surface area contributed by atoms with E-state index in [1.54, 1.807) is 18.2 Å². The highest BCUT2D eigenvalue weighted by atomic mass is 19.1. The zero-order chi connectivity index (χ0) is 23.8. The molecule has 1 aromatic heterocycles. The molecule has 0 bridgehead atoms. The Bertz CT molecular complexity index is 1050. The predicted octanol–water partition coefficient (Wildman–Crippen LogP) is 5.48. The molecular weight excluding hydrogens is 419 g/mol. The van der Waals surface area contributed by atoms with Gasteiger partial charge >= 0.3 is 0 Å². The standard InChI is InChI=1S/C26H29FN4O2/c1-4-21(22-15-20(27)10-11-24(22)29-2)17-5-7-18(8-6-17)23(13-14-28)31-26(32)19-9-12-25(33-3)30-16-19/h4,9-12,15-18,23H,2,5-8,13H2,1,3H3,(H,31,32)/b21-4-. The smallest absolute Gasteiger partial charge is 0.253 e. The molecule has 0 spiro atoms. The topological polar surface area (TPSA) is 87.4 Å². The van der Waals surface area contributed by atoms with Crippen molar-refractivity contribution in [2.75, 3.05) is 7.11 Å². The Morgan fingerprint density at radius 2 is 2.12 bits per heavy atom. The van der Waals surface area contributed by atoms with Crippen molar-refractivity contribution in [1.82, 2.24) is 10.3 Å². The molecule has 7 heteroatoms. The Balaban J connectivity index is 1.68. The van der Waals surface area contributed by atoms with Gasteiger partial charge in [0.1, 0.15) is 5.82 Å². The molecule has 33 heavy (non-hydrogen) atoms. The quantitative estimate of drug-likeness (QED) is 0.542. The number of carbonyl (C=O) groups excluding carboxylic acids is 1. The number of amides is 1. The van der Waals surface area contributed by atoms with Gasteiger partial charge in [0, 0.05) is 23.9 Å². The summed E-state index contributed by atoms with van der Waals surface area (Å²) >= 11 is 0. The van der Waals surface area contributed by atoms with Crippen molar-refractivity contribution in [3.05, 3.63) is 59.5 Å². The second kappa shape index (κ2) is 11.4. The highest BCUT2D eigenvalue weighted by molar-refractivity contribution is 5.94. The molecule has 0 radical (unpaired) electrons. The largest absolute Gasteiger partial charge is 0.481 e. The first-order valence-electron chi connectivity index (χ1n) is 11.1. The van der Waals surface area contributed by atoms with Gasteiger partial charge in [-0.25, -0.2) is 9.37 Å². The van der Waals surface area contributed by atoms with E-state index in [9.17, 15) is 14.4 Å². The van der Waals surface area contributed by atoms with E-state index in [0.717, 1.165) is 36.8 Å². The summed E-state index contributed by atoms with van der Waals surface area (Å²) in [6.45, 7) is 5.58. The first kappa shape index (κ1) is 24.1. The maximum Gasteiger partial charge on any atom is 0.253 e. The highest BCUT2D eigenvalue weighted by Crippen LogP contribution is 2.41. The fourth-order valence-corrected chi connectivity index (χ4v) is 4.64. The molecule has 1 N–H and O–H groups in total. The number of aromatic nitrogens is 1. The van der Waals surface area contributed by atoms with Gasteiger partial charge in [0.2, 0.25) is 5.88 Å². The van der Waals surface area contributed by atoms with Gasteiger partial charge in [0.25, 0.3) is 5.91 Å². The monoisotopic (exact) mass is 448 g/mol. The summed E-state index contributed by atoms with van der Waals surface area (Å²) in [4.78, 5) is 20.9. The summed E-state index contributed by atoms with van der Waals surface area (Å²) in [6.07, 6.45) is 7.24. The molecule has 0 saturated heterocycles. The highest BCUT2D eigenvalue weighted by Gasteiger charge is 2.31. The SMILES string of the molecule is C=Nc1ccc(F)cc1/C(=C\C)C1CCC(C(CC#N)NC(=O)c2ccc(OC)nc2)CC1. The van der Waals surface area contributed by atoms with Crippen LogP contribution in [0.3, 0.4) is 0 Å². The number of benzene rings is 1. The van der Waals surface area contributed by atoms with Crippen molar-refractivity contribution in [2.24, 2.45) is 16.8 Å². The Morgan fingerprint density at radius 3 is 2.70 bits per heavy atom. The van der Waals surface area contributed by atoms with E-state index < -0.39 is 0 Å². The molecule has 1 heterocycles. The fourth-order valence-electron chi connectivity index (χ4n) is 4.64. The lowest BCUT2D eigenvalue weighted by Crippen LogP contribution is -2.41. The minimum Gasteiger partial charge on any atom is -0.481 e. The van der Waals surface area contributed by atoms with E-state index in [1.165, 1.54) is 25.4 Å². The Hall–Kier alpha value is -3.53. The molecule has 1 unspecified atom stereocenters. The van der Waals surface area contributed by atoms with Crippen LogP contribution in [0.25, 0.3) is 5.57 Å². The summed E-state index contributed by atoms with van der Waals surface area (Å²) in [7, 11) is 1.52. The number of carbonyl (C=O) groups is 1. The van der Waals surface area contributed by atoms with Crippen molar-refractivity contribution < 1.29 is 13.9 Å².